The molecule has 0 aromatic heterocycles. The lowest BCUT2D eigenvalue weighted by Gasteiger charge is -2.09. The number of nitro benzene ring substituents is 1. The molecule has 2 aromatic carbocycles. The molecule has 0 bridgehead atoms. The van der Waals surface area contributed by atoms with Gasteiger partial charge in [0, 0.05) is 18.2 Å². The van der Waals surface area contributed by atoms with E-state index in [-0.39, 0.29) is 28.1 Å². The van der Waals surface area contributed by atoms with Crippen LogP contribution in [0.2, 0.25) is 0 Å². The van der Waals surface area contributed by atoms with E-state index in [1.54, 1.807) is 0 Å². The number of nitro groups is 1. The quantitative estimate of drug-likeness (QED) is 0.217. The van der Waals surface area contributed by atoms with Gasteiger partial charge in [0.2, 0.25) is 0 Å². The third-order valence-electron chi connectivity index (χ3n) is 3.93. The lowest BCUT2D eigenvalue weighted by Crippen LogP contribution is -2.14. The first kappa shape index (κ1) is 22.2. The number of rotatable bonds is 8. The molecule has 10 heteroatoms. The molecule has 0 radical (unpaired) electrons. The zero-order valence-corrected chi connectivity index (χ0v) is 15.7. The second-order valence-electron chi connectivity index (χ2n) is 5.95. The minimum Gasteiger partial charge on any atom is -0.497 e. The number of aliphatic hydroxyl groups is 1. The number of aliphatic hydroxyl groups excluding tert-OH is 1. The molecule has 0 saturated carbocycles. The molecular weight excluding hydrogens is 398 g/mol. The summed E-state index contributed by atoms with van der Waals surface area (Å²) in [6.07, 6.45) is 0.131. The number of carboxylic acids is 1. The van der Waals surface area contributed by atoms with Crippen LogP contribution in [0.5, 0.6) is 5.75 Å². The number of carboxylic acid groups (broad SMARTS) is 1. The van der Waals surface area contributed by atoms with Crippen LogP contribution in [0.15, 0.2) is 54.6 Å². The van der Waals surface area contributed by atoms with Crippen molar-refractivity contribution >= 4 is 23.6 Å². The maximum absolute atomic E-state index is 12.3. The first-order valence-corrected chi connectivity index (χ1v) is 8.46. The Morgan fingerprint density at radius 1 is 1.17 bits per heavy atom. The van der Waals surface area contributed by atoms with Gasteiger partial charge >= 0.3 is 17.9 Å². The van der Waals surface area contributed by atoms with Gasteiger partial charge in [-0.25, -0.2) is 9.59 Å². The van der Waals surface area contributed by atoms with Crippen molar-refractivity contribution in [2.24, 2.45) is 0 Å². The molecule has 0 saturated heterocycles. The number of aliphatic carboxylic acids is 1. The summed E-state index contributed by atoms with van der Waals surface area (Å²) in [4.78, 5) is 45.2. The van der Waals surface area contributed by atoms with Crippen molar-refractivity contribution in [1.82, 2.24) is 0 Å². The number of carbonyl (C=O) groups excluding carboxylic acids is 2. The summed E-state index contributed by atoms with van der Waals surface area (Å²) in [5, 5.41) is 29.6. The second kappa shape index (κ2) is 9.94. The molecule has 2 rings (SSSR count). The first-order valence-electron chi connectivity index (χ1n) is 8.46. The molecular formula is C20H17NO9. The Hall–Kier alpha value is -4.05. The molecule has 0 aliphatic heterocycles. The normalized spacial score (nSPS) is 11.7. The minimum atomic E-state index is -1.27. The van der Waals surface area contributed by atoms with Crippen LogP contribution in [-0.2, 0) is 20.7 Å². The third kappa shape index (κ3) is 5.97. The van der Waals surface area contributed by atoms with Crippen LogP contribution in [0.25, 0.3) is 0 Å². The largest absolute Gasteiger partial charge is 0.497 e. The summed E-state index contributed by atoms with van der Waals surface area (Å²) in [5.74, 6) is -3.07. The van der Waals surface area contributed by atoms with Gasteiger partial charge in [0.25, 0.3) is 5.69 Å². The maximum atomic E-state index is 12.3. The average molecular weight is 415 g/mol. The molecule has 2 N–H and O–H groups in total. The monoisotopic (exact) mass is 415 g/mol. The number of hydrogen-bond donors (Lipinski definition) is 2. The molecule has 0 heterocycles. The first-order chi connectivity index (χ1) is 14.2. The summed E-state index contributed by atoms with van der Waals surface area (Å²) in [6.45, 7) is 0. The van der Waals surface area contributed by atoms with Gasteiger partial charge in [-0.3, -0.25) is 14.9 Å². The summed E-state index contributed by atoms with van der Waals surface area (Å²) < 4.78 is 9.67. The average Bonchev–Trinajstić information content (AvgIpc) is 2.71. The van der Waals surface area contributed by atoms with Crippen molar-refractivity contribution in [3.8, 4) is 5.75 Å². The topological polar surface area (TPSA) is 153 Å². The lowest BCUT2D eigenvalue weighted by atomic mass is 10.0. The molecule has 30 heavy (non-hydrogen) atoms. The van der Waals surface area contributed by atoms with Gasteiger partial charge in [-0.2, -0.15) is 0 Å². The van der Waals surface area contributed by atoms with E-state index in [0.717, 1.165) is 12.2 Å². The Bertz CT molecular complexity index is 996. The number of carbonyl (C=O) groups is 3. The summed E-state index contributed by atoms with van der Waals surface area (Å²) >= 11 is 0. The molecule has 0 amide bonds. The predicted molar refractivity (Wildman–Crippen MR) is 102 cm³/mol. The highest BCUT2D eigenvalue weighted by atomic mass is 16.6. The Balaban J connectivity index is 2.09. The maximum Gasteiger partial charge on any atom is 0.346 e. The van der Waals surface area contributed by atoms with Gasteiger partial charge < -0.3 is 19.7 Å². The van der Waals surface area contributed by atoms with Gasteiger partial charge in [-0.15, -0.1) is 0 Å². The number of non-ortho nitro benzene ring substituents is 1. The number of methoxy groups -OCH3 is 1. The Morgan fingerprint density at radius 3 is 2.40 bits per heavy atom. The summed E-state index contributed by atoms with van der Waals surface area (Å²) in [6, 6.07) is 9.13. The Morgan fingerprint density at radius 2 is 1.83 bits per heavy atom. The van der Waals surface area contributed by atoms with Crippen molar-refractivity contribution in [2.75, 3.05) is 7.11 Å². The van der Waals surface area contributed by atoms with E-state index >= 15 is 0 Å². The third-order valence-corrected chi connectivity index (χ3v) is 3.93. The van der Waals surface area contributed by atoms with E-state index in [9.17, 15) is 29.6 Å². The van der Waals surface area contributed by atoms with Crippen LogP contribution in [0.1, 0.15) is 27.6 Å². The SMILES string of the molecule is COc1ccc(CC(=O)O)c(C(=O)OC(=O)C=CC(O)c2ccc([N+](=O)[O-])cc2)c1. The van der Waals surface area contributed by atoms with E-state index < -0.39 is 35.4 Å². The summed E-state index contributed by atoms with van der Waals surface area (Å²) in [5.41, 5.74) is 0.119. The molecule has 0 aliphatic carbocycles. The minimum absolute atomic E-state index is 0.135. The van der Waals surface area contributed by atoms with Gasteiger partial charge in [0.05, 0.1) is 30.1 Å². The van der Waals surface area contributed by atoms with Gasteiger partial charge in [-0.05, 0) is 41.5 Å². The molecule has 0 fully saturated rings. The van der Waals surface area contributed by atoms with Crippen molar-refractivity contribution in [3.63, 3.8) is 0 Å². The molecule has 10 nitrogen and oxygen atoms in total. The molecule has 2 aromatic rings. The lowest BCUT2D eigenvalue weighted by molar-refractivity contribution is -0.384. The number of ether oxygens (including phenoxy) is 2. The van der Waals surface area contributed by atoms with E-state index in [2.05, 4.69) is 4.74 Å². The van der Waals surface area contributed by atoms with Gasteiger partial charge in [0.1, 0.15) is 5.75 Å². The predicted octanol–water partition coefficient (Wildman–Crippen LogP) is 2.20. The number of hydrogen-bond acceptors (Lipinski definition) is 8. The molecule has 1 unspecified atom stereocenters. The zero-order valence-electron chi connectivity index (χ0n) is 15.7. The zero-order chi connectivity index (χ0) is 22.3. The van der Waals surface area contributed by atoms with Gasteiger partial charge in [0.15, 0.2) is 0 Å². The van der Waals surface area contributed by atoms with Crippen molar-refractivity contribution < 1.29 is 39.0 Å². The van der Waals surface area contributed by atoms with E-state index in [0.29, 0.717) is 0 Å². The van der Waals surface area contributed by atoms with E-state index in [4.69, 9.17) is 9.84 Å². The highest BCUT2D eigenvalue weighted by Gasteiger charge is 2.19. The fraction of sp³-hybridized carbons (Fsp3) is 0.150. The van der Waals surface area contributed by atoms with Crippen LogP contribution in [0.3, 0.4) is 0 Å². The highest BCUT2D eigenvalue weighted by molar-refractivity contribution is 6.01. The molecule has 156 valence electrons. The van der Waals surface area contributed by atoms with Gasteiger partial charge in [-0.1, -0.05) is 6.07 Å². The standard InChI is InChI=1S/C20H17NO9/c1-29-15-7-4-13(10-18(23)24)16(11-15)20(26)30-19(25)9-8-17(22)12-2-5-14(6-3-12)21(27)28/h2-9,11,17,22H,10H2,1H3,(H,23,24). The van der Waals surface area contributed by atoms with Crippen molar-refractivity contribution in [1.29, 1.82) is 0 Å². The second-order valence-corrected chi connectivity index (χ2v) is 5.95. The van der Waals surface area contributed by atoms with Crippen LogP contribution >= 0.6 is 0 Å². The number of esters is 2. The molecule has 0 spiro atoms. The van der Waals surface area contributed by atoms with Crippen molar-refractivity contribution in [2.45, 2.75) is 12.5 Å². The van der Waals surface area contributed by atoms with Crippen LogP contribution in [0, 0.1) is 10.1 Å². The Kier molecular flexibility index (Phi) is 7.37. The van der Waals surface area contributed by atoms with E-state index in [1.807, 2.05) is 0 Å². The number of benzene rings is 2. The van der Waals surface area contributed by atoms with Crippen LogP contribution in [-0.4, -0.2) is 40.2 Å². The smallest absolute Gasteiger partial charge is 0.346 e. The van der Waals surface area contributed by atoms with Crippen LogP contribution in [0.4, 0.5) is 5.69 Å². The fourth-order valence-corrected chi connectivity index (χ4v) is 2.44. The molecule has 1 atom stereocenters. The van der Waals surface area contributed by atoms with Crippen LogP contribution < -0.4 is 4.74 Å². The molecule has 0 aliphatic rings. The summed E-state index contributed by atoms with van der Waals surface area (Å²) in [7, 11) is 1.36. The Labute approximate surface area is 170 Å². The highest BCUT2D eigenvalue weighted by Crippen LogP contribution is 2.21. The van der Waals surface area contributed by atoms with E-state index in [1.165, 1.54) is 49.6 Å². The number of nitrogens with zero attached hydrogens (tertiary/aromatic N) is 1. The fourth-order valence-electron chi connectivity index (χ4n) is 2.44. The van der Waals surface area contributed by atoms with Crippen molar-refractivity contribution in [3.05, 3.63) is 81.4 Å².